The number of nitrogens with two attached hydrogens (primary N) is 1. The Morgan fingerprint density at radius 2 is 1.86 bits per heavy atom. The molecule has 1 amide bonds. The van der Waals surface area contributed by atoms with Crippen molar-refractivity contribution in [3.8, 4) is 0 Å². The maximum atomic E-state index is 12.1. The fourth-order valence-corrected chi connectivity index (χ4v) is 4.49. The van der Waals surface area contributed by atoms with Gasteiger partial charge in [0.2, 0.25) is 5.91 Å². The molecular formula is C23H27N3O2. The number of Topliss-reactive ketones (excluding diaryl/α,β-unsaturated/α-hetero) is 1. The third-order valence-electron chi connectivity index (χ3n) is 5.93. The topological polar surface area (TPSA) is 66.6 Å². The molecule has 2 N–H and O–H groups in total. The van der Waals surface area contributed by atoms with Crippen molar-refractivity contribution in [1.29, 1.82) is 0 Å². The third kappa shape index (κ3) is 3.88. The fraction of sp³-hybridized carbons (Fsp3) is 0.391. The van der Waals surface area contributed by atoms with E-state index < -0.39 is 0 Å². The molecule has 1 unspecified atom stereocenters. The number of carbonyl (C=O) groups excluding carboxylic acids is 2. The molecule has 2 aromatic carbocycles. The highest BCUT2D eigenvalue weighted by Crippen LogP contribution is 2.33. The maximum Gasteiger partial charge on any atom is 0.217 e. The van der Waals surface area contributed by atoms with Gasteiger partial charge in [0.15, 0.2) is 0 Å². The molecule has 28 heavy (non-hydrogen) atoms. The number of anilines is 2. The molecule has 2 aromatic rings. The standard InChI is InChI=1S/C23H27N3O2/c24-23(28)12-10-19-16-25(18-6-2-1-3-7-18)13-14-26(19)22-8-4-5-17-9-11-20(27)15-21(17)22/h1-8,19H,9-16H2,(H2,24,28). The molecule has 0 saturated carbocycles. The smallest absolute Gasteiger partial charge is 0.217 e. The first-order chi connectivity index (χ1) is 13.6. The number of nitrogens with zero attached hydrogens (tertiary/aromatic N) is 2. The van der Waals surface area contributed by atoms with E-state index in [0.29, 0.717) is 25.0 Å². The van der Waals surface area contributed by atoms with Crippen molar-refractivity contribution in [2.45, 2.75) is 38.1 Å². The van der Waals surface area contributed by atoms with Crippen LogP contribution in [0.15, 0.2) is 48.5 Å². The Labute approximate surface area is 166 Å². The zero-order valence-corrected chi connectivity index (χ0v) is 16.1. The van der Waals surface area contributed by atoms with Crippen molar-refractivity contribution in [3.05, 3.63) is 59.7 Å². The highest BCUT2D eigenvalue weighted by atomic mass is 16.1. The van der Waals surface area contributed by atoms with E-state index >= 15 is 0 Å². The summed E-state index contributed by atoms with van der Waals surface area (Å²) in [5.41, 5.74) is 10.3. The Hall–Kier alpha value is -2.82. The van der Waals surface area contributed by atoms with Crippen LogP contribution in [0.2, 0.25) is 0 Å². The van der Waals surface area contributed by atoms with Gasteiger partial charge in [-0.25, -0.2) is 0 Å². The van der Waals surface area contributed by atoms with Crippen molar-refractivity contribution in [2.75, 3.05) is 29.4 Å². The second kappa shape index (κ2) is 8.05. The van der Waals surface area contributed by atoms with E-state index in [-0.39, 0.29) is 11.9 Å². The summed E-state index contributed by atoms with van der Waals surface area (Å²) >= 11 is 0. The van der Waals surface area contributed by atoms with Gasteiger partial charge < -0.3 is 15.5 Å². The van der Waals surface area contributed by atoms with Crippen LogP contribution in [-0.4, -0.2) is 37.4 Å². The molecule has 1 fully saturated rings. The van der Waals surface area contributed by atoms with E-state index in [1.807, 2.05) is 6.07 Å². The number of benzene rings is 2. The van der Waals surface area contributed by atoms with Gasteiger partial charge in [0.1, 0.15) is 5.78 Å². The summed E-state index contributed by atoms with van der Waals surface area (Å²) in [6.07, 6.45) is 3.09. The van der Waals surface area contributed by atoms with Gasteiger partial charge in [-0.15, -0.1) is 0 Å². The van der Waals surface area contributed by atoms with Gasteiger partial charge in [0.05, 0.1) is 0 Å². The SMILES string of the molecule is NC(=O)CCC1CN(c2ccccc2)CCN1c1cccc2c1CC(=O)CC2. The molecule has 0 aromatic heterocycles. The summed E-state index contributed by atoms with van der Waals surface area (Å²) in [6.45, 7) is 2.62. The van der Waals surface area contributed by atoms with E-state index in [9.17, 15) is 9.59 Å². The Morgan fingerprint density at radius 1 is 1.04 bits per heavy atom. The lowest BCUT2D eigenvalue weighted by atomic mass is 9.88. The molecule has 1 heterocycles. The van der Waals surface area contributed by atoms with Crippen LogP contribution in [0, 0.1) is 0 Å². The Balaban J connectivity index is 1.62. The van der Waals surface area contributed by atoms with E-state index in [1.165, 1.54) is 16.8 Å². The molecular weight excluding hydrogens is 350 g/mol. The minimum Gasteiger partial charge on any atom is -0.370 e. The van der Waals surface area contributed by atoms with Gasteiger partial charge in [-0.1, -0.05) is 30.3 Å². The van der Waals surface area contributed by atoms with Crippen LogP contribution in [0.3, 0.4) is 0 Å². The van der Waals surface area contributed by atoms with Crippen molar-refractivity contribution >= 4 is 23.1 Å². The number of fused-ring (bicyclic) bond motifs is 1. The number of rotatable bonds is 5. The molecule has 1 aliphatic heterocycles. The molecule has 1 saturated heterocycles. The second-order valence-electron chi connectivity index (χ2n) is 7.76. The first-order valence-corrected chi connectivity index (χ1v) is 10.1. The van der Waals surface area contributed by atoms with E-state index in [4.69, 9.17) is 5.73 Å². The van der Waals surface area contributed by atoms with Crippen molar-refractivity contribution in [2.24, 2.45) is 5.73 Å². The summed E-state index contributed by atoms with van der Waals surface area (Å²) in [7, 11) is 0. The molecule has 146 valence electrons. The number of hydrogen-bond donors (Lipinski definition) is 1. The lowest BCUT2D eigenvalue weighted by molar-refractivity contribution is -0.119. The number of amides is 1. The first kappa shape index (κ1) is 18.5. The maximum absolute atomic E-state index is 12.1. The number of ketones is 1. The average molecular weight is 377 g/mol. The van der Waals surface area contributed by atoms with Crippen molar-refractivity contribution < 1.29 is 9.59 Å². The van der Waals surface area contributed by atoms with Crippen LogP contribution in [0.4, 0.5) is 11.4 Å². The lowest BCUT2D eigenvalue weighted by Crippen LogP contribution is -2.54. The second-order valence-corrected chi connectivity index (χ2v) is 7.76. The average Bonchev–Trinajstić information content (AvgIpc) is 2.72. The zero-order valence-electron chi connectivity index (χ0n) is 16.1. The molecule has 0 radical (unpaired) electrons. The quantitative estimate of drug-likeness (QED) is 0.870. The van der Waals surface area contributed by atoms with Gasteiger partial charge >= 0.3 is 0 Å². The predicted molar refractivity (Wildman–Crippen MR) is 112 cm³/mol. The predicted octanol–water partition coefficient (Wildman–Crippen LogP) is 2.71. The number of carbonyl (C=O) groups is 2. The molecule has 4 rings (SSSR count). The van der Waals surface area contributed by atoms with E-state index in [0.717, 1.165) is 38.2 Å². The summed E-state index contributed by atoms with van der Waals surface area (Å²) in [6, 6.07) is 16.9. The van der Waals surface area contributed by atoms with Gasteiger partial charge in [-0.3, -0.25) is 9.59 Å². The highest BCUT2D eigenvalue weighted by Gasteiger charge is 2.30. The van der Waals surface area contributed by atoms with Crippen molar-refractivity contribution in [3.63, 3.8) is 0 Å². The van der Waals surface area contributed by atoms with Crippen LogP contribution >= 0.6 is 0 Å². The van der Waals surface area contributed by atoms with Crippen molar-refractivity contribution in [1.82, 2.24) is 0 Å². The Morgan fingerprint density at radius 3 is 2.64 bits per heavy atom. The summed E-state index contributed by atoms with van der Waals surface area (Å²) in [5, 5.41) is 0. The normalized spacial score (nSPS) is 19.4. The van der Waals surface area contributed by atoms with Gasteiger partial charge in [0, 0.05) is 56.3 Å². The van der Waals surface area contributed by atoms with E-state index in [2.05, 4.69) is 52.3 Å². The molecule has 0 spiro atoms. The highest BCUT2D eigenvalue weighted by molar-refractivity contribution is 5.85. The Bertz CT molecular complexity index is 865. The van der Waals surface area contributed by atoms with Crippen LogP contribution in [0.1, 0.15) is 30.4 Å². The number of para-hydroxylation sites is 1. The number of primary amides is 1. The molecule has 2 aliphatic rings. The third-order valence-corrected chi connectivity index (χ3v) is 5.93. The summed E-state index contributed by atoms with van der Waals surface area (Å²) in [4.78, 5) is 28.3. The van der Waals surface area contributed by atoms with Gasteiger partial charge in [-0.2, -0.15) is 0 Å². The fourth-order valence-electron chi connectivity index (χ4n) is 4.49. The van der Waals surface area contributed by atoms with Crippen LogP contribution < -0.4 is 15.5 Å². The summed E-state index contributed by atoms with van der Waals surface area (Å²) < 4.78 is 0. The molecule has 5 nitrogen and oxygen atoms in total. The number of piperazine rings is 1. The minimum atomic E-state index is -0.262. The summed E-state index contributed by atoms with van der Waals surface area (Å²) in [5.74, 6) is 0.0543. The zero-order chi connectivity index (χ0) is 19.5. The van der Waals surface area contributed by atoms with Gasteiger partial charge in [0.25, 0.3) is 0 Å². The van der Waals surface area contributed by atoms with Crippen LogP contribution in [-0.2, 0) is 22.4 Å². The monoisotopic (exact) mass is 377 g/mol. The van der Waals surface area contributed by atoms with E-state index in [1.54, 1.807) is 0 Å². The van der Waals surface area contributed by atoms with Gasteiger partial charge in [-0.05, 0) is 42.2 Å². The molecule has 5 heteroatoms. The first-order valence-electron chi connectivity index (χ1n) is 10.1. The largest absolute Gasteiger partial charge is 0.370 e. The minimum absolute atomic E-state index is 0.185. The molecule has 1 atom stereocenters. The number of hydrogen-bond acceptors (Lipinski definition) is 4. The van der Waals surface area contributed by atoms with Crippen LogP contribution in [0.25, 0.3) is 0 Å². The Kier molecular flexibility index (Phi) is 5.33. The molecule has 1 aliphatic carbocycles. The number of aryl methyl sites for hydroxylation is 1. The molecule has 0 bridgehead atoms. The van der Waals surface area contributed by atoms with Crippen LogP contribution in [0.5, 0.6) is 0 Å². The lowest BCUT2D eigenvalue weighted by Gasteiger charge is -2.45.